The summed E-state index contributed by atoms with van der Waals surface area (Å²) in [6.07, 6.45) is 0.835. The molecule has 0 aliphatic heterocycles. The molecule has 1 aromatic carbocycles. The van der Waals surface area contributed by atoms with Crippen LogP contribution in [-0.4, -0.2) is 35.0 Å². The molecule has 17 heavy (non-hydrogen) atoms. The zero-order chi connectivity index (χ0) is 12.8. The van der Waals surface area contributed by atoms with Gasteiger partial charge < -0.3 is 15.3 Å². The fourth-order valence-electron chi connectivity index (χ4n) is 1.56. The number of phenolic OH excluding ortho intramolecular Hbond substituents is 2. The molecule has 95 valence electrons. The average Bonchev–Trinajstić information content (AvgIpc) is 2.31. The molecule has 0 heterocycles. The highest BCUT2D eigenvalue weighted by Gasteiger charge is 2.16. The van der Waals surface area contributed by atoms with Gasteiger partial charge in [0, 0.05) is 5.56 Å². The topological polar surface area (TPSA) is 78.6 Å². The Morgan fingerprint density at radius 3 is 2.53 bits per heavy atom. The molecular formula is C12H20N2O3+. The third-order valence-electron chi connectivity index (χ3n) is 2.58. The normalized spacial score (nSPS) is 12.9. The van der Waals surface area contributed by atoms with Gasteiger partial charge in [-0.2, -0.15) is 0 Å². The van der Waals surface area contributed by atoms with E-state index in [1.807, 2.05) is 19.0 Å². The molecule has 0 aliphatic carbocycles. The van der Waals surface area contributed by atoms with E-state index in [4.69, 9.17) is 5.11 Å². The number of hydrazine groups is 1. The minimum Gasteiger partial charge on any atom is -0.504 e. The Hall–Kier alpha value is -1.30. The van der Waals surface area contributed by atoms with Crippen molar-refractivity contribution in [3.8, 4) is 11.5 Å². The van der Waals surface area contributed by atoms with Crippen molar-refractivity contribution >= 4 is 0 Å². The van der Waals surface area contributed by atoms with E-state index in [1.54, 1.807) is 6.07 Å². The van der Waals surface area contributed by atoms with Crippen molar-refractivity contribution in [3.05, 3.63) is 23.8 Å². The Kier molecular flexibility index (Phi) is 5.21. The standard InChI is InChI=1S/C12H20N2O3/c1-3-10(8-15)13-14(2)7-9-4-5-11(16)12(17)6-9/h4-6,10,13,15-17H,3,7-8H2,1-2H3/q+1/t10-/m1/s1. The summed E-state index contributed by atoms with van der Waals surface area (Å²) in [6.45, 7) is 2.65. The molecule has 5 nitrogen and oxygen atoms in total. The van der Waals surface area contributed by atoms with E-state index in [1.165, 1.54) is 12.1 Å². The van der Waals surface area contributed by atoms with Gasteiger partial charge in [0.2, 0.25) is 0 Å². The van der Waals surface area contributed by atoms with Crippen LogP contribution >= 0.6 is 0 Å². The number of nitrogens with one attached hydrogen (secondary N) is 1. The van der Waals surface area contributed by atoms with Crippen molar-refractivity contribution in [2.45, 2.75) is 25.9 Å². The molecular weight excluding hydrogens is 220 g/mol. The quantitative estimate of drug-likeness (QED) is 0.334. The fraction of sp³-hybridized carbons (Fsp3) is 0.500. The number of benzene rings is 1. The number of hydrogen-bond acceptors (Lipinski definition) is 5. The Bertz CT molecular complexity index is 354. The number of rotatable bonds is 6. The summed E-state index contributed by atoms with van der Waals surface area (Å²) in [7, 11) is 1.86. The molecule has 1 atom stereocenters. The summed E-state index contributed by atoms with van der Waals surface area (Å²) in [5.41, 5.74) is 4.02. The fourth-order valence-corrected chi connectivity index (χ4v) is 1.56. The maximum absolute atomic E-state index is 9.36. The highest BCUT2D eigenvalue weighted by Crippen LogP contribution is 2.24. The highest BCUT2D eigenvalue weighted by molar-refractivity contribution is 5.40. The van der Waals surface area contributed by atoms with Crippen LogP contribution in [0.5, 0.6) is 11.5 Å². The minimum atomic E-state index is -0.120. The lowest BCUT2D eigenvalue weighted by Crippen LogP contribution is -2.47. The SMILES string of the molecule is CC[C@H](CO)N[N+](C)Cc1ccc(O)c(O)c1. The van der Waals surface area contributed by atoms with Crippen LogP contribution in [0.4, 0.5) is 0 Å². The zero-order valence-electron chi connectivity index (χ0n) is 10.2. The number of aliphatic hydroxyl groups excluding tert-OH is 1. The number of phenols is 2. The smallest absolute Gasteiger partial charge is 0.169 e. The van der Waals surface area contributed by atoms with Crippen LogP contribution in [0.3, 0.4) is 0 Å². The van der Waals surface area contributed by atoms with Gasteiger partial charge in [-0.15, -0.1) is 5.43 Å². The molecule has 1 radical (unpaired) electrons. The maximum Gasteiger partial charge on any atom is 0.169 e. The number of aliphatic hydroxyl groups is 1. The van der Waals surface area contributed by atoms with Gasteiger partial charge in [0.1, 0.15) is 7.05 Å². The van der Waals surface area contributed by atoms with Gasteiger partial charge in [-0.1, -0.05) is 11.9 Å². The summed E-state index contributed by atoms with van der Waals surface area (Å²) >= 11 is 0. The first kappa shape index (κ1) is 13.8. The first-order valence-corrected chi connectivity index (χ1v) is 5.65. The zero-order valence-corrected chi connectivity index (χ0v) is 10.2. The van der Waals surface area contributed by atoms with Crippen molar-refractivity contribution in [3.63, 3.8) is 0 Å². The number of nitrogens with zero attached hydrogens (tertiary/aromatic N) is 1. The molecule has 0 aromatic heterocycles. The third kappa shape index (κ3) is 4.22. The number of aromatic hydroxyl groups is 2. The first-order chi connectivity index (χ1) is 8.06. The summed E-state index contributed by atoms with van der Waals surface area (Å²) in [6, 6.07) is 4.76. The molecule has 0 saturated carbocycles. The predicted molar refractivity (Wildman–Crippen MR) is 65.8 cm³/mol. The molecule has 0 saturated heterocycles. The van der Waals surface area contributed by atoms with Gasteiger partial charge in [0.15, 0.2) is 18.0 Å². The van der Waals surface area contributed by atoms with E-state index in [9.17, 15) is 10.2 Å². The van der Waals surface area contributed by atoms with Gasteiger partial charge in [-0.25, -0.2) is 0 Å². The van der Waals surface area contributed by atoms with E-state index >= 15 is 0 Å². The average molecular weight is 240 g/mol. The molecule has 0 fully saturated rings. The summed E-state index contributed by atoms with van der Waals surface area (Å²) in [5, 5.41) is 29.4. The molecule has 5 heteroatoms. The van der Waals surface area contributed by atoms with Crippen molar-refractivity contribution in [2.75, 3.05) is 13.7 Å². The van der Waals surface area contributed by atoms with Crippen LogP contribution in [0.2, 0.25) is 0 Å². The van der Waals surface area contributed by atoms with Gasteiger partial charge in [0.05, 0.1) is 12.6 Å². The lowest BCUT2D eigenvalue weighted by Gasteiger charge is -2.14. The Labute approximate surface area is 101 Å². The molecule has 0 unspecified atom stereocenters. The van der Waals surface area contributed by atoms with E-state index in [-0.39, 0.29) is 24.1 Å². The predicted octanol–water partition coefficient (Wildman–Crippen LogP) is 0.643. The highest BCUT2D eigenvalue weighted by atomic mass is 16.3. The van der Waals surface area contributed by atoms with E-state index < -0.39 is 0 Å². The van der Waals surface area contributed by atoms with Crippen molar-refractivity contribution in [1.82, 2.24) is 10.4 Å². The van der Waals surface area contributed by atoms with Gasteiger partial charge >= 0.3 is 0 Å². The molecule has 1 aromatic rings. The Morgan fingerprint density at radius 2 is 2.00 bits per heavy atom. The van der Waals surface area contributed by atoms with Crippen LogP contribution in [0.25, 0.3) is 0 Å². The molecule has 1 rings (SSSR count). The summed E-state index contributed by atoms with van der Waals surface area (Å²) < 4.78 is 0. The van der Waals surface area contributed by atoms with E-state index in [0.717, 1.165) is 12.0 Å². The minimum absolute atomic E-state index is 0.0331. The molecule has 0 amide bonds. The number of hydrogen-bond donors (Lipinski definition) is 4. The van der Waals surface area contributed by atoms with E-state index in [0.29, 0.717) is 6.54 Å². The van der Waals surface area contributed by atoms with Crippen molar-refractivity contribution in [2.24, 2.45) is 0 Å². The summed E-state index contributed by atoms with van der Waals surface area (Å²) in [5.74, 6) is -0.240. The molecule has 0 aliphatic rings. The van der Waals surface area contributed by atoms with Gasteiger partial charge in [0.25, 0.3) is 0 Å². The first-order valence-electron chi connectivity index (χ1n) is 5.65. The van der Waals surface area contributed by atoms with Crippen LogP contribution in [0.15, 0.2) is 18.2 Å². The Balaban J connectivity index is 2.55. The lowest BCUT2D eigenvalue weighted by molar-refractivity contribution is 0.193. The van der Waals surface area contributed by atoms with Gasteiger partial charge in [-0.05, 0) is 24.6 Å². The lowest BCUT2D eigenvalue weighted by atomic mass is 10.2. The van der Waals surface area contributed by atoms with Crippen molar-refractivity contribution in [1.29, 1.82) is 0 Å². The van der Waals surface area contributed by atoms with Gasteiger partial charge in [-0.3, -0.25) is 0 Å². The third-order valence-corrected chi connectivity index (χ3v) is 2.58. The van der Waals surface area contributed by atoms with Crippen LogP contribution in [0.1, 0.15) is 18.9 Å². The molecule has 4 N–H and O–H groups in total. The molecule has 0 bridgehead atoms. The van der Waals surface area contributed by atoms with Crippen molar-refractivity contribution < 1.29 is 15.3 Å². The van der Waals surface area contributed by atoms with Crippen LogP contribution in [0, 0.1) is 0 Å². The Morgan fingerprint density at radius 1 is 1.29 bits per heavy atom. The second-order valence-corrected chi connectivity index (χ2v) is 4.10. The summed E-state index contributed by atoms with van der Waals surface area (Å²) in [4.78, 5) is 0. The molecule has 0 spiro atoms. The van der Waals surface area contributed by atoms with Crippen LogP contribution in [-0.2, 0) is 6.54 Å². The van der Waals surface area contributed by atoms with Crippen LogP contribution < -0.4 is 10.4 Å². The van der Waals surface area contributed by atoms with E-state index in [2.05, 4.69) is 5.43 Å². The largest absolute Gasteiger partial charge is 0.504 e. The monoisotopic (exact) mass is 240 g/mol. The second-order valence-electron chi connectivity index (χ2n) is 4.10. The maximum atomic E-state index is 9.36. The second kappa shape index (κ2) is 6.44.